The molecule has 1 N–H and O–H groups in total. The van der Waals surface area contributed by atoms with E-state index in [9.17, 15) is 4.79 Å². The summed E-state index contributed by atoms with van der Waals surface area (Å²) in [6.45, 7) is 1.96. The van der Waals surface area contributed by atoms with Crippen molar-refractivity contribution in [3.05, 3.63) is 71.4 Å². The van der Waals surface area contributed by atoms with Gasteiger partial charge in [-0.3, -0.25) is 9.69 Å². The molecular formula is C27H34N2O2. The van der Waals surface area contributed by atoms with Crippen LogP contribution in [0, 0.1) is 0 Å². The van der Waals surface area contributed by atoms with E-state index in [0.717, 1.165) is 38.5 Å². The molecule has 0 unspecified atom stereocenters. The number of nitrogens with zero attached hydrogens (tertiary/aromatic N) is 1. The molecule has 1 saturated carbocycles. The lowest BCUT2D eigenvalue weighted by atomic mass is 9.70. The molecule has 4 heteroatoms. The minimum atomic E-state index is -0.202. The lowest BCUT2D eigenvalue weighted by molar-refractivity contribution is -0.141. The molecule has 0 bridgehead atoms. The van der Waals surface area contributed by atoms with Crippen LogP contribution in [0.5, 0.6) is 0 Å². The van der Waals surface area contributed by atoms with E-state index >= 15 is 0 Å². The van der Waals surface area contributed by atoms with E-state index in [1.807, 2.05) is 0 Å². The third kappa shape index (κ3) is 4.40. The number of fused-ring (bicyclic) bond motifs is 1. The Morgan fingerprint density at radius 1 is 1.06 bits per heavy atom. The number of hydrogen-bond donors (Lipinski definition) is 1. The number of para-hydroxylation sites is 1. The number of ether oxygens (including phenoxy) is 1. The lowest BCUT2D eigenvalue weighted by Gasteiger charge is -2.45. The van der Waals surface area contributed by atoms with Gasteiger partial charge in [-0.05, 0) is 75.7 Å². The predicted octanol–water partition coefficient (Wildman–Crippen LogP) is 5.78. The van der Waals surface area contributed by atoms with Gasteiger partial charge in [-0.1, -0.05) is 48.5 Å². The quantitative estimate of drug-likeness (QED) is 0.391. The number of benzene rings is 2. The average Bonchev–Trinajstić information content (AvgIpc) is 3.15. The van der Waals surface area contributed by atoms with E-state index in [4.69, 9.17) is 4.74 Å². The summed E-state index contributed by atoms with van der Waals surface area (Å²) >= 11 is 0. The highest BCUT2D eigenvalue weighted by molar-refractivity contribution is 5.84. The number of carbonyl (C=O) groups excluding carboxylic acids is 1. The summed E-state index contributed by atoms with van der Waals surface area (Å²) in [4.78, 5) is 17.3. The number of rotatable bonds is 7. The lowest BCUT2D eigenvalue weighted by Crippen LogP contribution is -2.44. The van der Waals surface area contributed by atoms with Gasteiger partial charge in [-0.25, -0.2) is 0 Å². The number of carbonyl (C=O) groups is 1. The molecule has 3 aromatic rings. The van der Waals surface area contributed by atoms with Crippen molar-refractivity contribution in [3.8, 4) is 0 Å². The first-order valence-corrected chi connectivity index (χ1v) is 11.5. The van der Waals surface area contributed by atoms with Crippen LogP contribution in [0.2, 0.25) is 0 Å². The van der Waals surface area contributed by atoms with E-state index in [-0.39, 0.29) is 11.5 Å². The monoisotopic (exact) mass is 418 g/mol. The second-order valence-electron chi connectivity index (χ2n) is 9.07. The number of aromatic amines is 1. The van der Waals surface area contributed by atoms with Crippen LogP contribution in [0.4, 0.5) is 0 Å². The molecule has 1 fully saturated rings. The van der Waals surface area contributed by atoms with Gasteiger partial charge in [0, 0.05) is 29.1 Å². The summed E-state index contributed by atoms with van der Waals surface area (Å²) in [5.41, 5.74) is 5.55. The van der Waals surface area contributed by atoms with Gasteiger partial charge in [0.2, 0.25) is 0 Å². The minimum absolute atomic E-state index is 0.110. The Kier molecular flexibility index (Phi) is 6.47. The zero-order valence-corrected chi connectivity index (χ0v) is 19.0. The molecule has 0 aliphatic heterocycles. The van der Waals surface area contributed by atoms with Crippen molar-refractivity contribution in [2.75, 3.05) is 20.7 Å². The van der Waals surface area contributed by atoms with Gasteiger partial charge in [-0.2, -0.15) is 0 Å². The summed E-state index contributed by atoms with van der Waals surface area (Å²) in [5.74, 6) is 0.334. The van der Waals surface area contributed by atoms with Crippen LogP contribution >= 0.6 is 0 Å². The maximum Gasteiger partial charge on any atom is 0.302 e. The third-order valence-electron chi connectivity index (χ3n) is 7.11. The molecule has 1 aliphatic carbocycles. The van der Waals surface area contributed by atoms with Crippen LogP contribution < -0.4 is 0 Å². The first-order chi connectivity index (χ1) is 15.0. The molecule has 31 heavy (non-hydrogen) atoms. The Labute approximate surface area is 185 Å². The van der Waals surface area contributed by atoms with Gasteiger partial charge in [0.05, 0.1) is 6.61 Å². The largest absolute Gasteiger partial charge is 0.466 e. The molecule has 2 aromatic carbocycles. The van der Waals surface area contributed by atoms with Crippen molar-refractivity contribution in [1.82, 2.24) is 9.88 Å². The third-order valence-corrected chi connectivity index (χ3v) is 7.11. The van der Waals surface area contributed by atoms with Crippen molar-refractivity contribution >= 4 is 16.9 Å². The van der Waals surface area contributed by atoms with Gasteiger partial charge in [0.1, 0.15) is 0 Å². The van der Waals surface area contributed by atoms with Crippen LogP contribution in [-0.4, -0.2) is 36.6 Å². The van der Waals surface area contributed by atoms with Crippen molar-refractivity contribution in [2.24, 2.45) is 0 Å². The molecule has 0 atom stereocenters. The van der Waals surface area contributed by atoms with Gasteiger partial charge in [0.25, 0.3) is 0 Å². The number of hydrogen-bond acceptors (Lipinski definition) is 3. The van der Waals surface area contributed by atoms with Gasteiger partial charge >= 0.3 is 5.97 Å². The minimum Gasteiger partial charge on any atom is -0.466 e. The second kappa shape index (κ2) is 9.27. The smallest absolute Gasteiger partial charge is 0.302 e. The standard InChI is InChI=1S/C27H34N2O2/c1-20(30)31-19-9-13-24-23-12-7-8-14-25(23)28-26(24)21-15-17-27(18-16-21,29(2)3)22-10-5-4-6-11-22/h4-8,10-12,14,21,28H,9,13,15-19H2,1-3H3. The molecule has 1 heterocycles. The fourth-order valence-electron chi connectivity index (χ4n) is 5.43. The highest BCUT2D eigenvalue weighted by atomic mass is 16.5. The Hall–Kier alpha value is -2.59. The Morgan fingerprint density at radius 3 is 2.42 bits per heavy atom. The van der Waals surface area contributed by atoms with Crippen LogP contribution in [0.25, 0.3) is 10.9 Å². The Bertz CT molecular complexity index is 1010. The highest BCUT2D eigenvalue weighted by Gasteiger charge is 2.39. The summed E-state index contributed by atoms with van der Waals surface area (Å²) in [7, 11) is 4.44. The predicted molar refractivity (Wildman–Crippen MR) is 126 cm³/mol. The zero-order valence-electron chi connectivity index (χ0n) is 19.0. The van der Waals surface area contributed by atoms with Crippen LogP contribution in [0.15, 0.2) is 54.6 Å². The number of aryl methyl sites for hydroxylation is 1. The Balaban J connectivity index is 1.57. The number of esters is 1. The molecule has 0 radical (unpaired) electrons. The summed E-state index contributed by atoms with van der Waals surface area (Å²) in [6, 6.07) is 19.6. The average molecular weight is 419 g/mol. The Morgan fingerprint density at radius 2 is 1.74 bits per heavy atom. The molecule has 0 amide bonds. The zero-order chi connectivity index (χ0) is 21.8. The molecule has 1 aromatic heterocycles. The first-order valence-electron chi connectivity index (χ1n) is 11.5. The van der Waals surface area contributed by atoms with Gasteiger partial charge in [-0.15, -0.1) is 0 Å². The van der Waals surface area contributed by atoms with Crippen molar-refractivity contribution in [1.29, 1.82) is 0 Å². The molecule has 164 valence electrons. The van der Waals surface area contributed by atoms with Crippen molar-refractivity contribution < 1.29 is 9.53 Å². The van der Waals surface area contributed by atoms with Crippen molar-refractivity contribution in [2.45, 2.75) is 56.9 Å². The van der Waals surface area contributed by atoms with E-state index in [1.165, 1.54) is 34.6 Å². The maximum absolute atomic E-state index is 11.1. The van der Waals surface area contributed by atoms with Crippen LogP contribution in [0.3, 0.4) is 0 Å². The van der Waals surface area contributed by atoms with Gasteiger partial charge < -0.3 is 9.72 Å². The molecule has 4 rings (SSSR count). The molecule has 0 saturated heterocycles. The summed E-state index contributed by atoms with van der Waals surface area (Å²) in [5, 5.41) is 1.31. The van der Waals surface area contributed by atoms with E-state index in [0.29, 0.717) is 12.5 Å². The molecule has 0 spiro atoms. The number of nitrogens with one attached hydrogen (secondary N) is 1. The number of H-pyrrole nitrogens is 1. The summed E-state index contributed by atoms with van der Waals surface area (Å²) in [6.07, 6.45) is 6.41. The van der Waals surface area contributed by atoms with Crippen LogP contribution in [0.1, 0.15) is 61.8 Å². The normalized spacial score (nSPS) is 21.5. The van der Waals surface area contributed by atoms with Gasteiger partial charge in [0.15, 0.2) is 0 Å². The van der Waals surface area contributed by atoms with E-state index in [1.54, 1.807) is 0 Å². The SMILES string of the molecule is CC(=O)OCCCc1c(C2CCC(c3ccccc3)(N(C)C)CC2)[nH]c2ccccc12. The molecule has 1 aliphatic rings. The van der Waals surface area contributed by atoms with E-state index < -0.39 is 0 Å². The fraction of sp³-hybridized carbons (Fsp3) is 0.444. The highest BCUT2D eigenvalue weighted by Crippen LogP contribution is 2.47. The van der Waals surface area contributed by atoms with E-state index in [2.05, 4.69) is 78.6 Å². The fourth-order valence-corrected chi connectivity index (χ4v) is 5.43. The van der Waals surface area contributed by atoms with Crippen LogP contribution in [-0.2, 0) is 21.5 Å². The first kappa shape index (κ1) is 21.6. The second-order valence-corrected chi connectivity index (χ2v) is 9.07. The number of aromatic nitrogens is 1. The molecular weight excluding hydrogens is 384 g/mol. The topological polar surface area (TPSA) is 45.3 Å². The van der Waals surface area contributed by atoms with Crippen molar-refractivity contribution in [3.63, 3.8) is 0 Å². The molecule has 4 nitrogen and oxygen atoms in total. The summed E-state index contributed by atoms with van der Waals surface area (Å²) < 4.78 is 5.19. The maximum atomic E-state index is 11.1.